The van der Waals surface area contributed by atoms with Gasteiger partial charge >= 0.3 is 11.9 Å². The monoisotopic (exact) mass is 432 g/mol. The molecule has 0 spiro atoms. The van der Waals surface area contributed by atoms with Crippen LogP contribution in [-0.4, -0.2) is 68.2 Å². The topological polar surface area (TPSA) is 154 Å². The zero-order valence-corrected chi connectivity index (χ0v) is 16.7. The number of hydrogen-bond acceptors (Lipinski definition) is 7. The Labute approximate surface area is 178 Å². The van der Waals surface area contributed by atoms with Crippen molar-refractivity contribution in [3.05, 3.63) is 70.8 Å². The summed E-state index contributed by atoms with van der Waals surface area (Å²) in [6.45, 7) is 1.52. The molecule has 1 saturated heterocycles. The predicted octanol–water partition coefficient (Wildman–Crippen LogP) is 1.21. The molecular weight excluding hydrogens is 408 g/mol. The third-order valence-corrected chi connectivity index (χ3v) is 5.25. The summed E-state index contributed by atoms with van der Waals surface area (Å²) < 4.78 is 11.5. The number of carboxylic acid groups (broad SMARTS) is 2. The fourth-order valence-electron chi connectivity index (χ4n) is 3.49. The molecule has 0 radical (unpaired) electrons. The molecule has 2 aromatic rings. The van der Waals surface area contributed by atoms with Crippen LogP contribution in [0.4, 0.5) is 0 Å². The first-order valence-corrected chi connectivity index (χ1v) is 9.68. The molecule has 31 heavy (non-hydrogen) atoms. The van der Waals surface area contributed by atoms with E-state index in [1.807, 2.05) is 30.3 Å². The lowest BCUT2D eigenvalue weighted by Crippen LogP contribution is -2.57. The second kappa shape index (κ2) is 9.54. The number of aromatic carboxylic acids is 2. The van der Waals surface area contributed by atoms with Crippen molar-refractivity contribution in [1.29, 1.82) is 0 Å². The molecule has 0 bridgehead atoms. The van der Waals surface area contributed by atoms with Gasteiger partial charge in [0.15, 0.2) is 6.29 Å². The lowest BCUT2D eigenvalue weighted by molar-refractivity contribution is -0.305. The Morgan fingerprint density at radius 3 is 2.19 bits per heavy atom. The van der Waals surface area contributed by atoms with Gasteiger partial charge in [0, 0.05) is 6.42 Å². The molecule has 0 aromatic heterocycles. The summed E-state index contributed by atoms with van der Waals surface area (Å²) in [4.78, 5) is 23.0. The summed E-state index contributed by atoms with van der Waals surface area (Å²) in [6, 6.07) is 13.0. The SMILES string of the molecule is C[C@H]1O[C@H](OC(Cc2ccccc2)c2ccc(C(=O)O)c(C(=O)O)c2)[C@H](O)[C@@H](O)[C@H]1O. The molecule has 0 amide bonds. The van der Waals surface area contributed by atoms with Crippen LogP contribution >= 0.6 is 0 Å². The minimum absolute atomic E-state index is 0.256. The number of aliphatic hydroxyl groups is 3. The van der Waals surface area contributed by atoms with Crippen molar-refractivity contribution in [3.8, 4) is 0 Å². The second-order valence-electron chi connectivity index (χ2n) is 7.41. The van der Waals surface area contributed by atoms with Crippen molar-refractivity contribution in [2.75, 3.05) is 0 Å². The predicted molar refractivity (Wildman–Crippen MR) is 107 cm³/mol. The molecule has 2 aromatic carbocycles. The number of carboxylic acids is 2. The Balaban J connectivity index is 1.96. The fourth-order valence-corrected chi connectivity index (χ4v) is 3.49. The fraction of sp³-hybridized carbons (Fsp3) is 0.364. The van der Waals surface area contributed by atoms with E-state index < -0.39 is 54.3 Å². The zero-order valence-electron chi connectivity index (χ0n) is 16.7. The standard InChI is InChI=1S/C22H24O9/c1-11-17(23)18(24)19(25)22(30-11)31-16(9-12-5-3-2-4-6-12)13-7-8-14(20(26)27)15(10-13)21(28)29/h2-8,10-11,16-19,22-25H,9H2,1H3,(H,26,27)(H,28,29)/t11-,16?,17+,18+,19-,22-/m1/s1. The van der Waals surface area contributed by atoms with E-state index in [9.17, 15) is 35.1 Å². The third-order valence-electron chi connectivity index (χ3n) is 5.25. The summed E-state index contributed by atoms with van der Waals surface area (Å²) in [6.07, 6.45) is -7.02. The summed E-state index contributed by atoms with van der Waals surface area (Å²) in [5, 5.41) is 49.0. The van der Waals surface area contributed by atoms with E-state index in [0.29, 0.717) is 5.56 Å². The Morgan fingerprint density at radius 2 is 1.58 bits per heavy atom. The molecule has 0 saturated carbocycles. The van der Waals surface area contributed by atoms with E-state index in [1.54, 1.807) is 0 Å². The minimum atomic E-state index is -1.54. The van der Waals surface area contributed by atoms with Crippen LogP contribution in [0.1, 0.15) is 44.9 Å². The molecule has 166 valence electrons. The van der Waals surface area contributed by atoms with Crippen LogP contribution in [0.3, 0.4) is 0 Å². The second-order valence-corrected chi connectivity index (χ2v) is 7.41. The van der Waals surface area contributed by atoms with E-state index in [1.165, 1.54) is 25.1 Å². The Hall–Kier alpha value is -2.82. The molecular formula is C22H24O9. The van der Waals surface area contributed by atoms with E-state index in [-0.39, 0.29) is 12.0 Å². The number of hydrogen-bond donors (Lipinski definition) is 5. The van der Waals surface area contributed by atoms with Crippen molar-refractivity contribution < 1.29 is 44.6 Å². The summed E-state index contributed by atoms with van der Waals surface area (Å²) in [5.41, 5.74) is 0.428. The number of rotatable bonds is 7. The highest BCUT2D eigenvalue weighted by atomic mass is 16.7. The maximum atomic E-state index is 11.6. The molecule has 6 atom stereocenters. The first-order valence-electron chi connectivity index (χ1n) is 9.68. The molecule has 1 aliphatic heterocycles. The van der Waals surface area contributed by atoms with Gasteiger partial charge in [-0.2, -0.15) is 0 Å². The Bertz CT molecular complexity index is 930. The highest BCUT2D eigenvalue weighted by Gasteiger charge is 2.43. The molecule has 3 rings (SSSR count). The average Bonchev–Trinajstić information content (AvgIpc) is 2.75. The van der Waals surface area contributed by atoms with Crippen LogP contribution < -0.4 is 0 Å². The van der Waals surface area contributed by atoms with Gasteiger partial charge in [0.05, 0.1) is 23.3 Å². The van der Waals surface area contributed by atoms with Crippen LogP contribution in [0.15, 0.2) is 48.5 Å². The molecule has 1 aliphatic rings. The molecule has 1 fully saturated rings. The van der Waals surface area contributed by atoms with E-state index in [0.717, 1.165) is 5.56 Å². The van der Waals surface area contributed by atoms with Crippen LogP contribution in [-0.2, 0) is 15.9 Å². The van der Waals surface area contributed by atoms with Gasteiger partial charge in [-0.1, -0.05) is 36.4 Å². The lowest BCUT2D eigenvalue weighted by atomic mass is 9.96. The van der Waals surface area contributed by atoms with Crippen molar-refractivity contribution in [2.45, 2.75) is 50.2 Å². The molecule has 1 heterocycles. The van der Waals surface area contributed by atoms with Crippen LogP contribution in [0.25, 0.3) is 0 Å². The van der Waals surface area contributed by atoms with Crippen molar-refractivity contribution >= 4 is 11.9 Å². The molecule has 1 unspecified atom stereocenters. The maximum Gasteiger partial charge on any atom is 0.336 e. The van der Waals surface area contributed by atoms with Gasteiger partial charge in [-0.15, -0.1) is 0 Å². The van der Waals surface area contributed by atoms with Gasteiger partial charge in [-0.05, 0) is 30.2 Å². The normalized spacial score (nSPS) is 26.9. The van der Waals surface area contributed by atoms with Gasteiger partial charge in [0.25, 0.3) is 0 Å². The Morgan fingerprint density at radius 1 is 0.935 bits per heavy atom. The van der Waals surface area contributed by atoms with Crippen LogP contribution in [0, 0.1) is 0 Å². The first kappa shape index (κ1) is 22.9. The van der Waals surface area contributed by atoms with Gasteiger partial charge in [0.2, 0.25) is 0 Å². The van der Waals surface area contributed by atoms with Gasteiger partial charge in [0.1, 0.15) is 18.3 Å². The molecule has 0 aliphatic carbocycles. The van der Waals surface area contributed by atoms with Crippen molar-refractivity contribution in [3.63, 3.8) is 0 Å². The Kier molecular flexibility index (Phi) is 7.04. The molecule has 5 N–H and O–H groups in total. The lowest BCUT2D eigenvalue weighted by Gasteiger charge is -2.40. The number of carbonyl (C=O) groups is 2. The minimum Gasteiger partial charge on any atom is -0.478 e. The number of ether oxygens (including phenoxy) is 2. The van der Waals surface area contributed by atoms with E-state index >= 15 is 0 Å². The first-order chi connectivity index (χ1) is 14.7. The average molecular weight is 432 g/mol. The largest absolute Gasteiger partial charge is 0.478 e. The highest BCUT2D eigenvalue weighted by Crippen LogP contribution is 2.31. The maximum absolute atomic E-state index is 11.6. The van der Waals surface area contributed by atoms with E-state index in [2.05, 4.69) is 0 Å². The van der Waals surface area contributed by atoms with Gasteiger partial charge in [-0.25, -0.2) is 9.59 Å². The zero-order chi connectivity index (χ0) is 22.7. The third kappa shape index (κ3) is 5.09. The highest BCUT2D eigenvalue weighted by molar-refractivity contribution is 6.01. The van der Waals surface area contributed by atoms with E-state index in [4.69, 9.17) is 9.47 Å². The number of aliphatic hydroxyl groups excluding tert-OH is 3. The summed E-state index contributed by atoms with van der Waals surface area (Å²) in [5.74, 6) is -2.78. The summed E-state index contributed by atoms with van der Waals surface area (Å²) >= 11 is 0. The van der Waals surface area contributed by atoms with Gasteiger partial charge in [-0.3, -0.25) is 0 Å². The van der Waals surface area contributed by atoms with Crippen LogP contribution in [0.2, 0.25) is 0 Å². The molecule has 9 heteroatoms. The number of benzene rings is 2. The smallest absolute Gasteiger partial charge is 0.336 e. The van der Waals surface area contributed by atoms with Crippen molar-refractivity contribution in [1.82, 2.24) is 0 Å². The summed E-state index contributed by atoms with van der Waals surface area (Å²) in [7, 11) is 0. The van der Waals surface area contributed by atoms with Gasteiger partial charge < -0.3 is 35.0 Å². The quantitative estimate of drug-likeness (QED) is 0.434. The molecule has 9 nitrogen and oxygen atoms in total. The van der Waals surface area contributed by atoms with Crippen LogP contribution in [0.5, 0.6) is 0 Å². The van der Waals surface area contributed by atoms with Crippen molar-refractivity contribution in [2.24, 2.45) is 0 Å².